The Morgan fingerprint density at radius 3 is 2.85 bits per heavy atom. The van der Waals surface area contributed by atoms with Crippen LogP contribution in [0.25, 0.3) is 0 Å². The fourth-order valence-corrected chi connectivity index (χ4v) is 5.11. The summed E-state index contributed by atoms with van der Waals surface area (Å²) in [5, 5.41) is 10.1. The summed E-state index contributed by atoms with van der Waals surface area (Å²) in [6, 6.07) is 14.9. The Bertz CT molecular complexity index is 879. The lowest BCUT2D eigenvalue weighted by Gasteiger charge is -2.45. The number of fused-ring (bicyclic) bond motifs is 1. The first-order valence-corrected chi connectivity index (χ1v) is 9.69. The smallest absolute Gasteiger partial charge is 0.162 e. The summed E-state index contributed by atoms with van der Waals surface area (Å²) in [4.78, 5) is 2.52. The molecule has 1 aliphatic carbocycles. The molecule has 0 amide bonds. The van der Waals surface area contributed by atoms with E-state index in [9.17, 15) is 5.11 Å². The van der Waals surface area contributed by atoms with Gasteiger partial charge >= 0.3 is 0 Å². The predicted octanol–water partition coefficient (Wildman–Crippen LogP) is 3.42. The highest BCUT2D eigenvalue weighted by atomic mass is 16.5. The molecule has 1 saturated heterocycles. The molecule has 0 spiro atoms. The Morgan fingerprint density at radius 1 is 1.19 bits per heavy atom. The molecule has 27 heavy (non-hydrogen) atoms. The van der Waals surface area contributed by atoms with Gasteiger partial charge in [0.25, 0.3) is 0 Å². The summed E-state index contributed by atoms with van der Waals surface area (Å²) in [5.41, 5.74) is 3.80. The summed E-state index contributed by atoms with van der Waals surface area (Å²) in [5.74, 6) is 1.59. The second-order valence-corrected chi connectivity index (χ2v) is 7.87. The fourth-order valence-electron chi connectivity index (χ4n) is 5.11. The van der Waals surface area contributed by atoms with Crippen LogP contribution in [0.1, 0.15) is 29.5 Å². The molecule has 1 N–H and O–H groups in total. The standard InChI is InChI=1S/C23H25NO3/c1-26-20-13-19-17(11-21(20)27-15-16-5-3-2-4-6-16)14-24-10-9-23(19)8-7-18(25)12-22(23)24/h2-8,11,13,18,22,25H,9-10,12,14-15H2,1H3/t18-,22+,23+/m0/s1. The van der Waals surface area contributed by atoms with Crippen LogP contribution in [-0.2, 0) is 18.6 Å². The van der Waals surface area contributed by atoms with Crippen LogP contribution in [-0.4, -0.2) is 35.8 Å². The van der Waals surface area contributed by atoms with E-state index in [1.807, 2.05) is 24.3 Å². The third-order valence-corrected chi connectivity index (χ3v) is 6.43. The van der Waals surface area contributed by atoms with Crippen molar-refractivity contribution in [2.75, 3.05) is 13.7 Å². The second kappa shape index (κ2) is 6.39. The highest BCUT2D eigenvalue weighted by Gasteiger charge is 2.53. The van der Waals surface area contributed by atoms with E-state index in [1.54, 1.807) is 7.11 Å². The molecule has 1 unspecified atom stereocenters. The molecule has 2 heterocycles. The number of rotatable bonds is 4. The van der Waals surface area contributed by atoms with Gasteiger partial charge in [0.05, 0.1) is 13.2 Å². The summed E-state index contributed by atoms with van der Waals surface area (Å²) >= 11 is 0. The van der Waals surface area contributed by atoms with E-state index in [0.29, 0.717) is 12.6 Å². The van der Waals surface area contributed by atoms with Crippen molar-refractivity contribution in [2.24, 2.45) is 0 Å². The highest BCUT2D eigenvalue weighted by molar-refractivity contribution is 5.55. The molecule has 4 nitrogen and oxygen atoms in total. The topological polar surface area (TPSA) is 41.9 Å². The Morgan fingerprint density at radius 2 is 2.04 bits per heavy atom. The molecule has 0 saturated carbocycles. The van der Waals surface area contributed by atoms with E-state index in [-0.39, 0.29) is 11.5 Å². The van der Waals surface area contributed by atoms with Crippen molar-refractivity contribution < 1.29 is 14.6 Å². The van der Waals surface area contributed by atoms with Crippen LogP contribution < -0.4 is 9.47 Å². The van der Waals surface area contributed by atoms with Crippen LogP contribution in [0, 0.1) is 0 Å². The van der Waals surface area contributed by atoms with E-state index in [1.165, 1.54) is 11.1 Å². The average Bonchev–Trinajstić information content (AvgIpc) is 2.97. The minimum absolute atomic E-state index is 0.00193. The number of hydrogen-bond acceptors (Lipinski definition) is 4. The first-order chi connectivity index (χ1) is 13.2. The largest absolute Gasteiger partial charge is 0.493 e. The van der Waals surface area contributed by atoms with Gasteiger partial charge in [0.1, 0.15) is 6.61 Å². The van der Waals surface area contributed by atoms with E-state index in [4.69, 9.17) is 9.47 Å². The maximum atomic E-state index is 10.1. The van der Waals surface area contributed by atoms with E-state index in [0.717, 1.165) is 43.0 Å². The van der Waals surface area contributed by atoms with Crippen LogP contribution in [0.15, 0.2) is 54.6 Å². The zero-order valence-electron chi connectivity index (χ0n) is 15.6. The second-order valence-electron chi connectivity index (χ2n) is 7.87. The third-order valence-electron chi connectivity index (χ3n) is 6.43. The van der Waals surface area contributed by atoms with Gasteiger partial charge in [-0.15, -0.1) is 0 Å². The Hall–Kier alpha value is -2.30. The van der Waals surface area contributed by atoms with Crippen molar-refractivity contribution in [3.05, 3.63) is 71.3 Å². The summed E-state index contributed by atoms with van der Waals surface area (Å²) in [6.45, 7) is 2.51. The van der Waals surface area contributed by atoms with Crippen molar-refractivity contribution in [1.29, 1.82) is 0 Å². The van der Waals surface area contributed by atoms with Gasteiger partial charge in [0.2, 0.25) is 0 Å². The average molecular weight is 363 g/mol. The van der Waals surface area contributed by atoms with Gasteiger partial charge in [-0.25, -0.2) is 0 Å². The monoisotopic (exact) mass is 363 g/mol. The first kappa shape index (κ1) is 16.8. The summed E-state index contributed by atoms with van der Waals surface area (Å²) in [6.07, 6.45) is 5.79. The lowest BCUT2D eigenvalue weighted by Crippen LogP contribution is -2.49. The molecule has 5 rings (SSSR count). The van der Waals surface area contributed by atoms with Crippen molar-refractivity contribution in [2.45, 2.75) is 43.6 Å². The molecule has 2 aliphatic heterocycles. The van der Waals surface area contributed by atoms with Gasteiger partial charge < -0.3 is 14.6 Å². The maximum absolute atomic E-state index is 10.1. The molecule has 2 aromatic rings. The van der Waals surface area contributed by atoms with E-state index >= 15 is 0 Å². The van der Waals surface area contributed by atoms with Gasteiger partial charge in [-0.2, -0.15) is 0 Å². The molecular formula is C23H25NO3. The van der Waals surface area contributed by atoms with Gasteiger partial charge in [0, 0.05) is 24.5 Å². The molecular weight excluding hydrogens is 338 g/mol. The van der Waals surface area contributed by atoms with Crippen LogP contribution in [0.5, 0.6) is 11.5 Å². The van der Waals surface area contributed by atoms with Crippen molar-refractivity contribution >= 4 is 0 Å². The normalized spacial score (nSPS) is 30.5. The predicted molar refractivity (Wildman–Crippen MR) is 104 cm³/mol. The van der Waals surface area contributed by atoms with Crippen molar-refractivity contribution in [3.63, 3.8) is 0 Å². The number of benzene rings is 2. The zero-order chi connectivity index (χ0) is 18.4. The number of nitrogens with zero attached hydrogens (tertiary/aromatic N) is 1. The number of aliphatic hydroxyl groups excluding tert-OH is 1. The molecule has 3 aliphatic rings. The lowest BCUT2D eigenvalue weighted by molar-refractivity contribution is 0.110. The minimum Gasteiger partial charge on any atom is -0.493 e. The first-order valence-electron chi connectivity index (χ1n) is 9.69. The van der Waals surface area contributed by atoms with Gasteiger partial charge in [-0.1, -0.05) is 42.5 Å². The Balaban J connectivity index is 1.51. The molecule has 2 bridgehead atoms. The van der Waals surface area contributed by atoms with Crippen LogP contribution in [0.4, 0.5) is 0 Å². The van der Waals surface area contributed by atoms with E-state index < -0.39 is 0 Å². The molecule has 2 aromatic carbocycles. The summed E-state index contributed by atoms with van der Waals surface area (Å²) in [7, 11) is 1.70. The Kier molecular flexibility index (Phi) is 3.99. The molecule has 4 atom stereocenters. The van der Waals surface area contributed by atoms with Gasteiger partial charge in [0.15, 0.2) is 11.5 Å². The molecule has 0 aromatic heterocycles. The molecule has 0 radical (unpaired) electrons. The lowest BCUT2D eigenvalue weighted by atomic mass is 9.66. The highest BCUT2D eigenvalue weighted by Crippen LogP contribution is 2.52. The number of aliphatic hydroxyl groups is 1. The molecule has 1 fully saturated rings. The minimum atomic E-state index is -0.333. The zero-order valence-corrected chi connectivity index (χ0v) is 15.6. The fraction of sp³-hybridized carbons (Fsp3) is 0.391. The van der Waals surface area contributed by atoms with Crippen LogP contribution >= 0.6 is 0 Å². The molecule has 4 heteroatoms. The quantitative estimate of drug-likeness (QED) is 0.845. The van der Waals surface area contributed by atoms with Crippen LogP contribution in [0.3, 0.4) is 0 Å². The SMILES string of the molecule is COc1cc2c(cc1OCc1ccccc1)CN1CC[C@]23C=C[C@H](O)C[C@@H]13. The van der Waals surface area contributed by atoms with Crippen molar-refractivity contribution in [3.8, 4) is 11.5 Å². The van der Waals surface area contributed by atoms with Gasteiger partial charge in [-0.3, -0.25) is 4.90 Å². The van der Waals surface area contributed by atoms with Crippen LogP contribution in [0.2, 0.25) is 0 Å². The molecule has 140 valence electrons. The van der Waals surface area contributed by atoms with Crippen molar-refractivity contribution in [1.82, 2.24) is 4.90 Å². The van der Waals surface area contributed by atoms with Gasteiger partial charge in [-0.05, 0) is 41.7 Å². The maximum Gasteiger partial charge on any atom is 0.162 e. The number of hydrogen-bond donors (Lipinski definition) is 1. The van der Waals surface area contributed by atoms with E-state index in [2.05, 4.69) is 35.2 Å². The Labute approximate surface area is 160 Å². The number of methoxy groups -OCH3 is 1. The summed E-state index contributed by atoms with van der Waals surface area (Å²) < 4.78 is 11.8. The third kappa shape index (κ3) is 2.67. The number of ether oxygens (including phenoxy) is 2.